The number of hydrogen-bond acceptors (Lipinski definition) is 4. The number of nitriles is 1. The number of amides is 1. The van der Waals surface area contributed by atoms with Crippen LogP contribution in [-0.2, 0) is 6.54 Å². The van der Waals surface area contributed by atoms with E-state index in [-0.39, 0.29) is 18.9 Å². The van der Waals surface area contributed by atoms with Gasteiger partial charge in [0, 0.05) is 24.7 Å². The van der Waals surface area contributed by atoms with Gasteiger partial charge in [-0.05, 0) is 44.5 Å². The van der Waals surface area contributed by atoms with E-state index in [0.717, 1.165) is 13.1 Å². The molecule has 1 amide bonds. The van der Waals surface area contributed by atoms with Gasteiger partial charge in [-0.25, -0.2) is 0 Å². The number of benzene rings is 1. The fourth-order valence-corrected chi connectivity index (χ4v) is 3.15. The van der Waals surface area contributed by atoms with Crippen LogP contribution in [0.2, 0.25) is 0 Å². The van der Waals surface area contributed by atoms with Crippen molar-refractivity contribution in [2.45, 2.75) is 51.8 Å². The van der Waals surface area contributed by atoms with Gasteiger partial charge in [-0.3, -0.25) is 9.69 Å². The summed E-state index contributed by atoms with van der Waals surface area (Å²) in [6.45, 7) is 9.09. The zero-order chi connectivity index (χ0) is 17.7. The Labute approximate surface area is 144 Å². The molecule has 5 heteroatoms. The van der Waals surface area contributed by atoms with Crippen molar-refractivity contribution in [3.63, 3.8) is 0 Å². The Morgan fingerprint density at radius 1 is 1.42 bits per heavy atom. The van der Waals surface area contributed by atoms with Gasteiger partial charge in [-0.2, -0.15) is 5.26 Å². The van der Waals surface area contributed by atoms with Crippen LogP contribution in [0.3, 0.4) is 0 Å². The van der Waals surface area contributed by atoms with Crippen molar-refractivity contribution in [2.24, 2.45) is 0 Å². The fraction of sp³-hybridized carbons (Fsp3) is 0.579. The second kappa shape index (κ2) is 7.78. The molecule has 5 nitrogen and oxygen atoms in total. The van der Waals surface area contributed by atoms with Crippen molar-refractivity contribution in [3.8, 4) is 6.07 Å². The van der Waals surface area contributed by atoms with Crippen LogP contribution >= 0.6 is 0 Å². The molecule has 1 heterocycles. The van der Waals surface area contributed by atoms with E-state index >= 15 is 0 Å². The van der Waals surface area contributed by atoms with Gasteiger partial charge < -0.3 is 10.0 Å². The summed E-state index contributed by atoms with van der Waals surface area (Å²) in [4.78, 5) is 16.6. The molecule has 1 aromatic rings. The highest BCUT2D eigenvalue weighted by atomic mass is 16.3. The molecule has 1 aliphatic rings. The van der Waals surface area contributed by atoms with Crippen molar-refractivity contribution in [3.05, 3.63) is 35.4 Å². The van der Waals surface area contributed by atoms with Gasteiger partial charge in [-0.1, -0.05) is 19.1 Å². The summed E-state index contributed by atoms with van der Waals surface area (Å²) in [6, 6.07) is 10.2. The molecule has 2 rings (SSSR count). The first-order chi connectivity index (χ1) is 11.4. The van der Waals surface area contributed by atoms with E-state index in [1.54, 1.807) is 4.90 Å². The van der Waals surface area contributed by atoms with E-state index in [4.69, 9.17) is 5.26 Å². The minimum Gasteiger partial charge on any atom is -0.387 e. The largest absolute Gasteiger partial charge is 0.387 e. The van der Waals surface area contributed by atoms with Crippen LogP contribution < -0.4 is 0 Å². The summed E-state index contributed by atoms with van der Waals surface area (Å²) in [7, 11) is 0. The van der Waals surface area contributed by atoms with Gasteiger partial charge in [-0.15, -0.1) is 0 Å². The highest BCUT2D eigenvalue weighted by Gasteiger charge is 2.38. The maximum atomic E-state index is 12.6. The molecule has 0 aromatic heterocycles. The molecule has 0 spiro atoms. The molecule has 0 radical (unpaired) electrons. The van der Waals surface area contributed by atoms with Crippen LogP contribution in [0.25, 0.3) is 0 Å². The molecule has 1 saturated heterocycles. The van der Waals surface area contributed by atoms with Gasteiger partial charge >= 0.3 is 0 Å². The van der Waals surface area contributed by atoms with Crippen molar-refractivity contribution in [2.75, 3.05) is 19.6 Å². The Hall–Kier alpha value is -1.90. The normalized spacial score (nSPS) is 20.6. The minimum atomic E-state index is -1.05. The zero-order valence-corrected chi connectivity index (χ0v) is 14.8. The lowest BCUT2D eigenvalue weighted by Crippen LogP contribution is -2.35. The van der Waals surface area contributed by atoms with Crippen LogP contribution in [-0.4, -0.2) is 52.1 Å². The molecule has 0 saturated carbocycles. The average Bonchev–Trinajstić information content (AvgIpc) is 2.94. The first-order valence-corrected chi connectivity index (χ1v) is 8.60. The zero-order valence-electron chi connectivity index (χ0n) is 14.8. The smallest absolute Gasteiger partial charge is 0.253 e. The molecule has 1 unspecified atom stereocenters. The summed E-state index contributed by atoms with van der Waals surface area (Å²) in [5, 5.41) is 19.0. The molecule has 130 valence electrons. The third kappa shape index (κ3) is 4.34. The Bertz CT molecular complexity index is 606. The lowest BCUT2D eigenvalue weighted by molar-refractivity contribution is 0.0477. The van der Waals surface area contributed by atoms with Crippen LogP contribution in [0, 0.1) is 11.3 Å². The average molecular weight is 329 g/mol. The molecule has 0 bridgehead atoms. The number of carbonyl (C=O) groups is 1. The highest BCUT2D eigenvalue weighted by Crippen LogP contribution is 2.25. The first-order valence-electron chi connectivity index (χ1n) is 8.60. The lowest BCUT2D eigenvalue weighted by Gasteiger charge is -2.25. The van der Waals surface area contributed by atoms with Crippen LogP contribution in [0.5, 0.6) is 0 Å². The maximum absolute atomic E-state index is 12.6. The van der Waals surface area contributed by atoms with Gasteiger partial charge in [0.2, 0.25) is 0 Å². The van der Waals surface area contributed by atoms with E-state index in [2.05, 4.69) is 25.7 Å². The van der Waals surface area contributed by atoms with E-state index < -0.39 is 5.60 Å². The summed E-state index contributed by atoms with van der Waals surface area (Å²) >= 11 is 0. The van der Waals surface area contributed by atoms with E-state index in [1.807, 2.05) is 30.3 Å². The number of aliphatic hydroxyl groups is 1. The van der Waals surface area contributed by atoms with Crippen molar-refractivity contribution in [1.82, 2.24) is 9.80 Å². The predicted molar refractivity (Wildman–Crippen MR) is 93.4 cm³/mol. The number of rotatable bonds is 6. The standard InChI is InChI=1S/C19H27N3O2/c1-4-21(15(2)3)13-16-5-7-17(8-6-16)18(23)22-12-10-19(24,14-22)9-11-20/h5-8,15,24H,4,9-10,12-14H2,1-3H3. The molecule has 1 atom stereocenters. The van der Waals surface area contributed by atoms with E-state index in [1.165, 1.54) is 5.56 Å². The SMILES string of the molecule is CCN(Cc1ccc(C(=O)N2CCC(O)(CC#N)C2)cc1)C(C)C. The first kappa shape index (κ1) is 18.4. The van der Waals surface area contributed by atoms with Crippen molar-refractivity contribution < 1.29 is 9.90 Å². The predicted octanol–water partition coefficient (Wildman–Crippen LogP) is 2.41. The Balaban J connectivity index is 2.01. The Morgan fingerprint density at radius 2 is 2.08 bits per heavy atom. The van der Waals surface area contributed by atoms with Crippen molar-refractivity contribution in [1.29, 1.82) is 5.26 Å². The molecule has 1 aromatic carbocycles. The number of hydrogen-bond donors (Lipinski definition) is 1. The number of nitrogens with zero attached hydrogens (tertiary/aromatic N) is 3. The van der Waals surface area contributed by atoms with Gasteiger partial charge in [0.05, 0.1) is 24.6 Å². The van der Waals surface area contributed by atoms with Gasteiger partial charge in [0.1, 0.15) is 0 Å². The molecule has 1 fully saturated rings. The second-order valence-electron chi connectivity index (χ2n) is 6.89. The minimum absolute atomic E-state index is 0.0672. The van der Waals surface area contributed by atoms with E-state index in [0.29, 0.717) is 24.6 Å². The molecule has 1 aliphatic heterocycles. The molecular formula is C19H27N3O2. The monoisotopic (exact) mass is 329 g/mol. The quantitative estimate of drug-likeness (QED) is 0.870. The Kier molecular flexibility index (Phi) is 5.98. The topological polar surface area (TPSA) is 67.6 Å². The van der Waals surface area contributed by atoms with Gasteiger partial charge in [0.25, 0.3) is 5.91 Å². The summed E-state index contributed by atoms with van der Waals surface area (Å²) < 4.78 is 0. The number of β-amino-alcohol motifs (C(OH)–C–C–N with tert-alkyl or cyclic N) is 1. The van der Waals surface area contributed by atoms with Gasteiger partial charge in [0.15, 0.2) is 0 Å². The highest BCUT2D eigenvalue weighted by molar-refractivity contribution is 5.94. The maximum Gasteiger partial charge on any atom is 0.253 e. The fourth-order valence-electron chi connectivity index (χ4n) is 3.15. The molecule has 0 aliphatic carbocycles. The third-order valence-electron chi connectivity index (χ3n) is 4.75. The molecule has 24 heavy (non-hydrogen) atoms. The lowest BCUT2D eigenvalue weighted by atomic mass is 10.0. The molecule has 1 N–H and O–H groups in total. The second-order valence-corrected chi connectivity index (χ2v) is 6.89. The summed E-state index contributed by atoms with van der Waals surface area (Å²) in [5.74, 6) is -0.0772. The summed E-state index contributed by atoms with van der Waals surface area (Å²) in [6.07, 6.45) is 0.530. The van der Waals surface area contributed by atoms with E-state index in [9.17, 15) is 9.90 Å². The number of likely N-dealkylation sites (tertiary alicyclic amines) is 1. The Morgan fingerprint density at radius 3 is 2.62 bits per heavy atom. The number of carbonyl (C=O) groups excluding carboxylic acids is 1. The third-order valence-corrected chi connectivity index (χ3v) is 4.75. The van der Waals surface area contributed by atoms with Crippen LogP contribution in [0.4, 0.5) is 0 Å². The van der Waals surface area contributed by atoms with Crippen LogP contribution in [0.1, 0.15) is 49.5 Å². The van der Waals surface area contributed by atoms with Crippen LogP contribution in [0.15, 0.2) is 24.3 Å². The summed E-state index contributed by atoms with van der Waals surface area (Å²) in [5.41, 5.74) is 0.764. The van der Waals surface area contributed by atoms with Crippen molar-refractivity contribution >= 4 is 5.91 Å². The molecular weight excluding hydrogens is 302 g/mol.